The van der Waals surface area contributed by atoms with E-state index in [0.717, 1.165) is 12.0 Å². The lowest BCUT2D eigenvalue weighted by molar-refractivity contribution is 0.0736. The van der Waals surface area contributed by atoms with Gasteiger partial charge in [-0.2, -0.15) is 0 Å². The zero-order chi connectivity index (χ0) is 19.6. The number of sulfonamides is 1. The molecule has 4 rings (SSSR count). The minimum absolute atomic E-state index is 0.157. The third-order valence-electron chi connectivity index (χ3n) is 4.87. The number of fused-ring (bicyclic) bond motifs is 1. The molecule has 0 saturated carbocycles. The van der Waals surface area contributed by atoms with Crippen LogP contribution >= 0.6 is 0 Å². The number of rotatable bonds is 4. The first-order valence-electron chi connectivity index (χ1n) is 9.07. The third-order valence-corrected chi connectivity index (χ3v) is 6.25. The van der Waals surface area contributed by atoms with Crippen molar-refractivity contribution in [3.05, 3.63) is 95.6 Å². The van der Waals surface area contributed by atoms with Crippen molar-refractivity contribution < 1.29 is 13.2 Å². The number of carbonyl (C=O) groups is 1. The van der Waals surface area contributed by atoms with E-state index in [2.05, 4.69) is 10.8 Å². The molecule has 0 spiro atoms. The zero-order valence-corrected chi connectivity index (χ0v) is 16.0. The maximum atomic E-state index is 13.1. The highest BCUT2D eigenvalue weighted by molar-refractivity contribution is 7.92. The molecule has 3 aromatic carbocycles. The van der Waals surface area contributed by atoms with Crippen LogP contribution in [0.2, 0.25) is 0 Å². The molecule has 142 valence electrons. The standard InChI is InChI=1S/C22H20N2O3S/c25-22(24-15-14-17-8-4-5-9-18(17)16-24)20-12-6-7-13-21(20)23-28(26,27)19-10-2-1-3-11-19/h1-13,23H,14-16H2. The Morgan fingerprint density at radius 3 is 2.25 bits per heavy atom. The van der Waals surface area contributed by atoms with Crippen LogP contribution in [0.15, 0.2) is 83.8 Å². The van der Waals surface area contributed by atoms with Gasteiger partial charge in [0.05, 0.1) is 16.1 Å². The highest BCUT2D eigenvalue weighted by atomic mass is 32.2. The first-order chi connectivity index (χ1) is 13.5. The molecular weight excluding hydrogens is 372 g/mol. The van der Waals surface area contributed by atoms with E-state index in [1.165, 1.54) is 17.7 Å². The largest absolute Gasteiger partial charge is 0.334 e. The monoisotopic (exact) mass is 392 g/mol. The fourth-order valence-electron chi connectivity index (χ4n) is 3.40. The van der Waals surface area contributed by atoms with Crippen LogP contribution in [0.3, 0.4) is 0 Å². The van der Waals surface area contributed by atoms with E-state index in [9.17, 15) is 13.2 Å². The van der Waals surface area contributed by atoms with Crippen LogP contribution in [-0.2, 0) is 23.0 Å². The molecule has 1 N–H and O–H groups in total. The van der Waals surface area contributed by atoms with Crippen molar-refractivity contribution in [3.8, 4) is 0 Å². The van der Waals surface area contributed by atoms with E-state index in [-0.39, 0.29) is 16.5 Å². The Labute approximate surface area is 164 Å². The van der Waals surface area contributed by atoms with Gasteiger partial charge in [-0.3, -0.25) is 9.52 Å². The number of nitrogens with zero attached hydrogens (tertiary/aromatic N) is 1. The van der Waals surface area contributed by atoms with Gasteiger partial charge in [0, 0.05) is 13.1 Å². The molecule has 3 aromatic rings. The molecular formula is C22H20N2O3S. The van der Waals surface area contributed by atoms with Gasteiger partial charge in [0.1, 0.15) is 0 Å². The maximum Gasteiger partial charge on any atom is 0.261 e. The van der Waals surface area contributed by atoms with Crippen LogP contribution in [0.25, 0.3) is 0 Å². The van der Waals surface area contributed by atoms with E-state index in [0.29, 0.717) is 18.7 Å². The molecule has 0 atom stereocenters. The lowest BCUT2D eigenvalue weighted by Gasteiger charge is -2.29. The van der Waals surface area contributed by atoms with Crippen molar-refractivity contribution in [3.63, 3.8) is 0 Å². The SMILES string of the molecule is O=C(c1ccccc1NS(=O)(=O)c1ccccc1)N1CCc2ccccc2C1. The summed E-state index contributed by atoms with van der Waals surface area (Å²) in [5.41, 5.74) is 3.02. The summed E-state index contributed by atoms with van der Waals surface area (Å²) in [6.45, 7) is 1.13. The van der Waals surface area contributed by atoms with Crippen LogP contribution < -0.4 is 4.72 Å². The van der Waals surface area contributed by atoms with Crippen LogP contribution in [0, 0.1) is 0 Å². The molecule has 0 bridgehead atoms. The second-order valence-corrected chi connectivity index (χ2v) is 8.39. The average molecular weight is 392 g/mol. The van der Waals surface area contributed by atoms with Gasteiger partial charge in [-0.15, -0.1) is 0 Å². The Kier molecular flexibility index (Phi) is 4.88. The van der Waals surface area contributed by atoms with Crippen molar-refractivity contribution in [1.82, 2.24) is 4.90 Å². The van der Waals surface area contributed by atoms with Crippen molar-refractivity contribution in [2.24, 2.45) is 0 Å². The number of benzene rings is 3. The fourth-order valence-corrected chi connectivity index (χ4v) is 4.50. The Balaban J connectivity index is 1.61. The second-order valence-electron chi connectivity index (χ2n) is 6.71. The Hall–Kier alpha value is -3.12. The number of amides is 1. The summed E-state index contributed by atoms with van der Waals surface area (Å²) in [4.78, 5) is 15.1. The summed E-state index contributed by atoms with van der Waals surface area (Å²) in [5, 5.41) is 0. The lowest BCUT2D eigenvalue weighted by Crippen LogP contribution is -2.36. The summed E-state index contributed by atoms with van der Waals surface area (Å²) in [6.07, 6.45) is 0.791. The number of nitrogens with one attached hydrogen (secondary N) is 1. The number of carbonyl (C=O) groups excluding carboxylic acids is 1. The fraction of sp³-hybridized carbons (Fsp3) is 0.136. The predicted octanol–water partition coefficient (Wildman–Crippen LogP) is 3.69. The van der Waals surface area contributed by atoms with E-state index < -0.39 is 10.0 Å². The molecule has 0 aromatic heterocycles. The van der Waals surface area contributed by atoms with Gasteiger partial charge in [-0.1, -0.05) is 54.6 Å². The second kappa shape index (κ2) is 7.48. The number of anilines is 1. The molecule has 0 saturated heterocycles. The average Bonchev–Trinajstić information content (AvgIpc) is 2.74. The van der Waals surface area contributed by atoms with Crippen LogP contribution in [0.5, 0.6) is 0 Å². The number of para-hydroxylation sites is 1. The Morgan fingerprint density at radius 1 is 0.821 bits per heavy atom. The predicted molar refractivity (Wildman–Crippen MR) is 109 cm³/mol. The third kappa shape index (κ3) is 3.64. The van der Waals surface area contributed by atoms with Gasteiger partial charge in [-0.05, 0) is 41.8 Å². The lowest BCUT2D eigenvalue weighted by atomic mass is 9.99. The summed E-state index contributed by atoms with van der Waals surface area (Å²) >= 11 is 0. The van der Waals surface area contributed by atoms with Crippen LogP contribution in [-0.4, -0.2) is 25.8 Å². The van der Waals surface area contributed by atoms with Gasteiger partial charge in [0.2, 0.25) is 0 Å². The highest BCUT2D eigenvalue weighted by Gasteiger charge is 2.25. The molecule has 0 radical (unpaired) electrons. The topological polar surface area (TPSA) is 66.5 Å². The van der Waals surface area contributed by atoms with Gasteiger partial charge in [0.15, 0.2) is 0 Å². The summed E-state index contributed by atoms with van der Waals surface area (Å²) in [6, 6.07) is 22.9. The Morgan fingerprint density at radius 2 is 1.46 bits per heavy atom. The molecule has 1 aliphatic rings. The normalized spacial score (nSPS) is 13.6. The zero-order valence-electron chi connectivity index (χ0n) is 15.2. The van der Waals surface area contributed by atoms with Crippen molar-refractivity contribution >= 4 is 21.6 Å². The van der Waals surface area contributed by atoms with E-state index >= 15 is 0 Å². The smallest absolute Gasteiger partial charge is 0.261 e. The molecule has 5 nitrogen and oxygen atoms in total. The summed E-state index contributed by atoms with van der Waals surface area (Å²) in [7, 11) is -3.77. The quantitative estimate of drug-likeness (QED) is 0.736. The first-order valence-corrected chi connectivity index (χ1v) is 10.6. The molecule has 1 aliphatic heterocycles. The van der Waals surface area contributed by atoms with Crippen molar-refractivity contribution in [1.29, 1.82) is 0 Å². The van der Waals surface area contributed by atoms with Crippen LogP contribution in [0.4, 0.5) is 5.69 Å². The van der Waals surface area contributed by atoms with Gasteiger partial charge >= 0.3 is 0 Å². The molecule has 28 heavy (non-hydrogen) atoms. The van der Waals surface area contributed by atoms with Gasteiger partial charge in [0.25, 0.3) is 15.9 Å². The Bertz CT molecular complexity index is 1110. The molecule has 1 heterocycles. The molecule has 0 fully saturated rings. The first kappa shape index (κ1) is 18.3. The summed E-state index contributed by atoms with van der Waals surface area (Å²) in [5.74, 6) is -0.180. The highest BCUT2D eigenvalue weighted by Crippen LogP contribution is 2.25. The van der Waals surface area contributed by atoms with Crippen molar-refractivity contribution in [2.75, 3.05) is 11.3 Å². The van der Waals surface area contributed by atoms with Crippen LogP contribution in [0.1, 0.15) is 21.5 Å². The maximum absolute atomic E-state index is 13.1. The number of hydrogen-bond acceptors (Lipinski definition) is 3. The van der Waals surface area contributed by atoms with E-state index in [1.54, 1.807) is 47.4 Å². The minimum Gasteiger partial charge on any atom is -0.334 e. The van der Waals surface area contributed by atoms with Gasteiger partial charge < -0.3 is 4.90 Å². The van der Waals surface area contributed by atoms with E-state index in [4.69, 9.17) is 0 Å². The number of hydrogen-bond donors (Lipinski definition) is 1. The summed E-state index contributed by atoms with van der Waals surface area (Å²) < 4.78 is 27.9. The van der Waals surface area contributed by atoms with Gasteiger partial charge in [-0.25, -0.2) is 8.42 Å². The van der Waals surface area contributed by atoms with Crippen molar-refractivity contribution in [2.45, 2.75) is 17.9 Å². The molecule has 6 heteroatoms. The van der Waals surface area contributed by atoms with E-state index in [1.807, 2.05) is 18.2 Å². The molecule has 0 unspecified atom stereocenters. The molecule has 1 amide bonds. The molecule has 0 aliphatic carbocycles. The minimum atomic E-state index is -3.77.